The summed E-state index contributed by atoms with van der Waals surface area (Å²) >= 11 is 0. The van der Waals surface area contributed by atoms with Gasteiger partial charge in [-0.3, -0.25) is 0 Å². The van der Waals surface area contributed by atoms with Crippen molar-refractivity contribution in [1.29, 1.82) is 5.26 Å². The molecular formula is C10H13NO2. The lowest BCUT2D eigenvalue weighted by molar-refractivity contribution is -0.143. The summed E-state index contributed by atoms with van der Waals surface area (Å²) in [6.07, 6.45) is 0.872. The molecule has 0 radical (unpaired) electrons. The molecular weight excluding hydrogens is 166 g/mol. The highest BCUT2D eigenvalue weighted by atomic mass is 16.5. The van der Waals surface area contributed by atoms with E-state index >= 15 is 0 Å². The van der Waals surface area contributed by atoms with Gasteiger partial charge in [-0.05, 0) is 18.9 Å². The monoisotopic (exact) mass is 179 g/mol. The molecule has 0 spiro atoms. The summed E-state index contributed by atoms with van der Waals surface area (Å²) in [5.41, 5.74) is 0.878. The van der Waals surface area contributed by atoms with Crippen molar-refractivity contribution < 1.29 is 9.53 Å². The van der Waals surface area contributed by atoms with Crippen LogP contribution in [0.5, 0.6) is 0 Å². The molecule has 0 aliphatic carbocycles. The normalized spacial score (nSPS) is 28.3. The predicted octanol–water partition coefficient (Wildman–Crippen LogP) is 1.80. The van der Waals surface area contributed by atoms with Gasteiger partial charge >= 0.3 is 5.97 Å². The van der Waals surface area contributed by atoms with Gasteiger partial charge in [0.05, 0.1) is 0 Å². The third-order valence-electron chi connectivity index (χ3n) is 2.90. The number of nitriles is 1. The number of hydrogen-bond donors (Lipinski definition) is 0. The fourth-order valence-electron chi connectivity index (χ4n) is 1.36. The van der Waals surface area contributed by atoms with E-state index in [2.05, 4.69) is 0 Å². The van der Waals surface area contributed by atoms with Crippen LogP contribution in [0.4, 0.5) is 0 Å². The number of ether oxygens (including phenoxy) is 1. The molecule has 1 unspecified atom stereocenters. The number of rotatable bonds is 1. The number of esters is 1. The zero-order chi connectivity index (χ0) is 10.1. The van der Waals surface area contributed by atoms with E-state index in [1.54, 1.807) is 0 Å². The quantitative estimate of drug-likeness (QED) is 0.577. The molecule has 1 aliphatic rings. The Kier molecular flexibility index (Phi) is 2.42. The Hall–Kier alpha value is -1.30. The minimum atomic E-state index is -0.481. The van der Waals surface area contributed by atoms with Crippen LogP contribution in [-0.2, 0) is 9.53 Å². The van der Waals surface area contributed by atoms with Crippen LogP contribution in [0.2, 0.25) is 0 Å². The van der Waals surface area contributed by atoms with Crippen molar-refractivity contribution in [3.63, 3.8) is 0 Å². The molecule has 0 aromatic heterocycles. The Balaban J connectivity index is 3.19. The summed E-state index contributed by atoms with van der Waals surface area (Å²) in [7, 11) is 0. The molecule has 13 heavy (non-hydrogen) atoms. The van der Waals surface area contributed by atoms with Gasteiger partial charge in [-0.15, -0.1) is 0 Å². The van der Waals surface area contributed by atoms with Crippen LogP contribution in [0, 0.1) is 16.7 Å². The van der Waals surface area contributed by atoms with E-state index in [0.717, 1.165) is 12.0 Å². The fourth-order valence-corrected chi connectivity index (χ4v) is 1.36. The highest BCUT2D eigenvalue weighted by Crippen LogP contribution is 2.36. The smallest absolute Gasteiger partial charge is 0.348 e. The molecule has 70 valence electrons. The third kappa shape index (κ3) is 1.44. The molecule has 0 aromatic rings. The van der Waals surface area contributed by atoms with Gasteiger partial charge in [0.25, 0.3) is 0 Å². The maximum Gasteiger partial charge on any atom is 0.348 e. The Bertz CT molecular complexity index is 311. The molecule has 1 atom stereocenters. The Morgan fingerprint density at radius 1 is 1.69 bits per heavy atom. The average Bonchev–Trinajstić information content (AvgIpc) is 2.13. The zero-order valence-electron chi connectivity index (χ0n) is 8.18. The second-order valence-electron chi connectivity index (χ2n) is 3.60. The first-order valence-corrected chi connectivity index (χ1v) is 4.33. The van der Waals surface area contributed by atoms with Crippen molar-refractivity contribution in [3.8, 4) is 6.07 Å². The number of hydrogen-bond acceptors (Lipinski definition) is 3. The van der Waals surface area contributed by atoms with E-state index in [1.807, 2.05) is 26.8 Å². The summed E-state index contributed by atoms with van der Waals surface area (Å²) in [4.78, 5) is 11.1. The van der Waals surface area contributed by atoms with Gasteiger partial charge in [0.1, 0.15) is 18.2 Å². The van der Waals surface area contributed by atoms with Gasteiger partial charge in [0, 0.05) is 5.41 Å². The maximum atomic E-state index is 11.1. The van der Waals surface area contributed by atoms with Gasteiger partial charge < -0.3 is 4.74 Å². The van der Waals surface area contributed by atoms with Gasteiger partial charge in [-0.2, -0.15) is 5.26 Å². The van der Waals surface area contributed by atoms with Gasteiger partial charge in [-0.1, -0.05) is 13.8 Å². The number of carbonyl (C=O) groups excluding carboxylic acids is 1. The van der Waals surface area contributed by atoms with Crippen molar-refractivity contribution >= 4 is 5.97 Å². The lowest BCUT2D eigenvalue weighted by atomic mass is 9.77. The standard InChI is InChI=1S/C10H13NO2/c1-4-10(3)6-13-9(12)8(5-11)7(10)2/h4,6H2,1-3H3. The topological polar surface area (TPSA) is 50.1 Å². The van der Waals surface area contributed by atoms with E-state index in [1.165, 1.54) is 0 Å². The molecule has 0 saturated carbocycles. The number of carbonyl (C=O) groups is 1. The summed E-state index contributed by atoms with van der Waals surface area (Å²) in [5.74, 6) is -0.481. The third-order valence-corrected chi connectivity index (χ3v) is 2.90. The second-order valence-corrected chi connectivity index (χ2v) is 3.60. The number of nitrogens with zero attached hydrogens (tertiary/aromatic N) is 1. The van der Waals surface area contributed by atoms with Crippen LogP contribution in [0.15, 0.2) is 11.1 Å². The predicted molar refractivity (Wildman–Crippen MR) is 47.7 cm³/mol. The van der Waals surface area contributed by atoms with E-state index in [4.69, 9.17) is 10.00 Å². The highest BCUT2D eigenvalue weighted by Gasteiger charge is 2.35. The largest absolute Gasteiger partial charge is 0.461 e. The first kappa shape index (κ1) is 9.79. The second kappa shape index (κ2) is 3.21. The van der Waals surface area contributed by atoms with Gasteiger partial charge in [0.15, 0.2) is 0 Å². The minimum Gasteiger partial charge on any atom is -0.461 e. The lowest BCUT2D eigenvalue weighted by Crippen LogP contribution is -2.33. The molecule has 0 bridgehead atoms. The van der Waals surface area contributed by atoms with Crippen molar-refractivity contribution in [2.75, 3.05) is 6.61 Å². The van der Waals surface area contributed by atoms with E-state index in [-0.39, 0.29) is 11.0 Å². The molecule has 0 N–H and O–H groups in total. The lowest BCUT2D eigenvalue weighted by Gasteiger charge is -2.32. The van der Waals surface area contributed by atoms with Crippen LogP contribution in [0.25, 0.3) is 0 Å². The van der Waals surface area contributed by atoms with E-state index in [0.29, 0.717) is 6.61 Å². The SMILES string of the molecule is CCC1(C)COC(=O)C(C#N)=C1C. The molecule has 1 aliphatic heterocycles. The zero-order valence-corrected chi connectivity index (χ0v) is 8.18. The van der Waals surface area contributed by atoms with Crippen LogP contribution in [0.1, 0.15) is 27.2 Å². The Labute approximate surface area is 78.0 Å². The molecule has 1 rings (SSSR count). The van der Waals surface area contributed by atoms with E-state index < -0.39 is 5.97 Å². The van der Waals surface area contributed by atoms with Crippen LogP contribution < -0.4 is 0 Å². The average molecular weight is 179 g/mol. The van der Waals surface area contributed by atoms with Crippen molar-refractivity contribution in [2.24, 2.45) is 5.41 Å². The molecule has 0 aromatic carbocycles. The summed E-state index contributed by atoms with van der Waals surface area (Å²) in [6.45, 7) is 6.26. The fraction of sp³-hybridized carbons (Fsp3) is 0.600. The van der Waals surface area contributed by atoms with Crippen LogP contribution in [0.3, 0.4) is 0 Å². The van der Waals surface area contributed by atoms with E-state index in [9.17, 15) is 4.79 Å². The minimum absolute atomic E-state index is 0.154. The number of cyclic esters (lactones) is 1. The molecule has 0 fully saturated rings. The summed E-state index contributed by atoms with van der Waals surface area (Å²) < 4.78 is 4.94. The van der Waals surface area contributed by atoms with Gasteiger partial charge in [0.2, 0.25) is 0 Å². The highest BCUT2D eigenvalue weighted by molar-refractivity contribution is 5.94. The Morgan fingerprint density at radius 3 is 2.77 bits per heavy atom. The summed E-state index contributed by atoms with van der Waals surface area (Å²) in [5, 5.41) is 8.75. The first-order valence-electron chi connectivity index (χ1n) is 4.33. The van der Waals surface area contributed by atoms with Crippen molar-refractivity contribution in [2.45, 2.75) is 27.2 Å². The summed E-state index contributed by atoms with van der Waals surface area (Å²) in [6, 6.07) is 1.90. The van der Waals surface area contributed by atoms with Crippen LogP contribution in [-0.4, -0.2) is 12.6 Å². The molecule has 0 saturated heterocycles. The molecule has 3 nitrogen and oxygen atoms in total. The molecule has 3 heteroatoms. The van der Waals surface area contributed by atoms with Gasteiger partial charge in [-0.25, -0.2) is 4.79 Å². The molecule has 0 amide bonds. The maximum absolute atomic E-state index is 11.1. The first-order chi connectivity index (χ1) is 6.05. The van der Waals surface area contributed by atoms with Crippen LogP contribution >= 0.6 is 0 Å². The molecule has 1 heterocycles. The Morgan fingerprint density at radius 2 is 2.31 bits per heavy atom. The van der Waals surface area contributed by atoms with Crippen molar-refractivity contribution in [1.82, 2.24) is 0 Å². The van der Waals surface area contributed by atoms with Crippen molar-refractivity contribution in [3.05, 3.63) is 11.1 Å².